The average molecular weight is 371 g/mol. The Morgan fingerprint density at radius 1 is 1.12 bits per heavy atom. The van der Waals surface area contributed by atoms with E-state index in [1.807, 2.05) is 12.1 Å². The van der Waals surface area contributed by atoms with Gasteiger partial charge in [0.15, 0.2) is 5.82 Å². The lowest BCUT2D eigenvalue weighted by Crippen LogP contribution is -2.48. The highest BCUT2D eigenvalue weighted by Gasteiger charge is 2.26. The van der Waals surface area contributed by atoms with Crippen molar-refractivity contribution in [1.29, 1.82) is 0 Å². The van der Waals surface area contributed by atoms with Crippen LogP contribution in [0.25, 0.3) is 5.69 Å². The van der Waals surface area contributed by atoms with Gasteiger partial charge in [-0.25, -0.2) is 8.42 Å². The zero-order valence-electron chi connectivity index (χ0n) is 13.3. The minimum Gasteiger partial charge on any atom is -0.293 e. The number of halogens is 1. The molecule has 1 aliphatic heterocycles. The van der Waals surface area contributed by atoms with E-state index in [0.29, 0.717) is 43.6 Å². The lowest BCUT2D eigenvalue weighted by atomic mass is 10.3. The summed E-state index contributed by atoms with van der Waals surface area (Å²) in [5.41, 5.74) is 0.839. The van der Waals surface area contributed by atoms with Gasteiger partial charge in [-0.1, -0.05) is 11.6 Å². The fourth-order valence-corrected chi connectivity index (χ4v) is 3.85. The number of nitrogens with zero attached hydrogens (tertiary/aromatic N) is 6. The van der Waals surface area contributed by atoms with Crippen molar-refractivity contribution in [3.8, 4) is 5.69 Å². The van der Waals surface area contributed by atoms with Gasteiger partial charge < -0.3 is 0 Å². The maximum Gasteiger partial charge on any atom is 0.213 e. The molecule has 0 saturated carbocycles. The zero-order chi connectivity index (χ0) is 17.2. The number of hydrogen-bond acceptors (Lipinski definition) is 6. The van der Waals surface area contributed by atoms with Gasteiger partial charge in [0.25, 0.3) is 0 Å². The summed E-state index contributed by atoms with van der Waals surface area (Å²) in [6, 6.07) is 7.29. The van der Waals surface area contributed by atoms with Gasteiger partial charge in [-0.15, -0.1) is 5.10 Å². The van der Waals surface area contributed by atoms with Crippen molar-refractivity contribution >= 4 is 21.6 Å². The van der Waals surface area contributed by atoms with Crippen LogP contribution in [0.15, 0.2) is 24.3 Å². The summed E-state index contributed by atoms with van der Waals surface area (Å²) in [7, 11) is -3.11. The Labute approximate surface area is 146 Å². The van der Waals surface area contributed by atoms with E-state index in [9.17, 15) is 8.42 Å². The predicted octanol–water partition coefficient (Wildman–Crippen LogP) is 0.783. The molecule has 8 nitrogen and oxygen atoms in total. The Hall–Kier alpha value is -1.55. The van der Waals surface area contributed by atoms with E-state index in [4.69, 9.17) is 11.6 Å². The highest BCUT2D eigenvalue weighted by atomic mass is 35.5. The van der Waals surface area contributed by atoms with Crippen LogP contribution < -0.4 is 0 Å². The molecule has 0 atom stereocenters. The molecule has 0 aliphatic carbocycles. The molecule has 0 amide bonds. The van der Waals surface area contributed by atoms with Crippen molar-refractivity contribution in [1.82, 2.24) is 29.4 Å². The van der Waals surface area contributed by atoms with Crippen LogP contribution in [0.3, 0.4) is 0 Å². The van der Waals surface area contributed by atoms with Gasteiger partial charge in [0, 0.05) is 31.2 Å². The molecule has 1 aromatic carbocycles. The van der Waals surface area contributed by atoms with Gasteiger partial charge in [-0.05, 0) is 41.6 Å². The van der Waals surface area contributed by atoms with Gasteiger partial charge >= 0.3 is 0 Å². The Morgan fingerprint density at radius 3 is 2.42 bits per heavy atom. The second-order valence-corrected chi connectivity index (χ2v) is 8.25. The summed E-state index contributed by atoms with van der Waals surface area (Å²) in [4.78, 5) is 2.15. The van der Waals surface area contributed by atoms with Crippen molar-refractivity contribution < 1.29 is 8.42 Å². The first-order chi connectivity index (χ1) is 11.5. The molecule has 1 aromatic heterocycles. The Morgan fingerprint density at radius 2 is 1.79 bits per heavy atom. The zero-order valence-corrected chi connectivity index (χ0v) is 14.9. The number of rotatable bonds is 5. The quantitative estimate of drug-likeness (QED) is 0.773. The van der Waals surface area contributed by atoms with Crippen LogP contribution in [0.1, 0.15) is 12.7 Å². The van der Waals surface area contributed by atoms with Gasteiger partial charge in [-0.2, -0.15) is 8.99 Å². The Bertz CT molecular complexity index is 784. The number of hydrogen-bond donors (Lipinski definition) is 0. The molecule has 1 fully saturated rings. The standard InChI is InChI=1S/C14H19ClN6O2S/c1-2-24(22,23)20-9-7-19(8-10-20)11-14-16-17-18-21(14)13-5-3-12(15)4-6-13/h3-6H,2,7-11H2,1H3. The third kappa shape index (κ3) is 3.75. The Kier molecular flexibility index (Phi) is 5.14. The van der Waals surface area contributed by atoms with Crippen molar-refractivity contribution in [3.63, 3.8) is 0 Å². The number of piperazine rings is 1. The van der Waals surface area contributed by atoms with Crippen LogP contribution >= 0.6 is 11.6 Å². The number of aromatic nitrogens is 4. The highest BCUT2D eigenvalue weighted by molar-refractivity contribution is 7.89. The lowest BCUT2D eigenvalue weighted by molar-refractivity contribution is 0.177. The van der Waals surface area contributed by atoms with Crippen LogP contribution in [-0.2, 0) is 16.6 Å². The van der Waals surface area contributed by atoms with Gasteiger partial charge in [0.2, 0.25) is 10.0 Å². The molecular weight excluding hydrogens is 352 g/mol. The maximum absolute atomic E-state index is 11.9. The van der Waals surface area contributed by atoms with E-state index in [1.165, 1.54) is 0 Å². The van der Waals surface area contributed by atoms with Crippen LogP contribution in [0.2, 0.25) is 5.02 Å². The third-order valence-electron chi connectivity index (χ3n) is 4.06. The normalized spacial score (nSPS) is 17.2. The van der Waals surface area contributed by atoms with E-state index in [0.717, 1.165) is 5.69 Å². The molecular formula is C14H19ClN6O2S. The van der Waals surface area contributed by atoms with Crippen molar-refractivity contribution in [3.05, 3.63) is 35.1 Å². The molecule has 1 aliphatic rings. The molecule has 0 spiro atoms. The SMILES string of the molecule is CCS(=O)(=O)N1CCN(Cc2nnnn2-c2ccc(Cl)cc2)CC1. The van der Waals surface area contributed by atoms with Crippen molar-refractivity contribution in [2.75, 3.05) is 31.9 Å². The van der Waals surface area contributed by atoms with Gasteiger partial charge in [0.1, 0.15) is 0 Å². The molecule has 0 radical (unpaired) electrons. The van der Waals surface area contributed by atoms with E-state index in [2.05, 4.69) is 20.4 Å². The molecule has 2 heterocycles. The first-order valence-electron chi connectivity index (χ1n) is 7.73. The van der Waals surface area contributed by atoms with Crippen LogP contribution in [0.5, 0.6) is 0 Å². The summed E-state index contributed by atoms with van der Waals surface area (Å²) in [6.07, 6.45) is 0. The molecule has 10 heteroatoms. The molecule has 1 saturated heterocycles. The number of tetrazole rings is 1. The molecule has 0 bridgehead atoms. The molecule has 2 aromatic rings. The molecule has 0 N–H and O–H groups in total. The van der Waals surface area contributed by atoms with Crippen LogP contribution in [0.4, 0.5) is 0 Å². The first-order valence-corrected chi connectivity index (χ1v) is 9.71. The summed E-state index contributed by atoms with van der Waals surface area (Å²) in [5, 5.41) is 12.5. The van der Waals surface area contributed by atoms with Crippen LogP contribution in [-0.4, -0.2) is 69.8 Å². The topological polar surface area (TPSA) is 84.2 Å². The minimum atomic E-state index is -3.11. The largest absolute Gasteiger partial charge is 0.293 e. The minimum absolute atomic E-state index is 0.141. The van der Waals surface area contributed by atoms with Gasteiger partial charge in [0.05, 0.1) is 18.0 Å². The average Bonchev–Trinajstić information content (AvgIpc) is 3.04. The molecule has 130 valence electrons. The number of sulfonamides is 1. The van der Waals surface area contributed by atoms with Gasteiger partial charge in [-0.3, -0.25) is 4.90 Å². The molecule has 24 heavy (non-hydrogen) atoms. The monoisotopic (exact) mass is 370 g/mol. The first kappa shape index (κ1) is 17.3. The number of benzene rings is 1. The summed E-state index contributed by atoms with van der Waals surface area (Å²) >= 11 is 5.91. The molecule has 3 rings (SSSR count). The van der Waals surface area contributed by atoms with Crippen molar-refractivity contribution in [2.45, 2.75) is 13.5 Å². The Balaban J connectivity index is 1.66. The summed E-state index contributed by atoms with van der Waals surface area (Å²) in [6.45, 7) is 4.55. The third-order valence-corrected chi connectivity index (χ3v) is 6.19. The predicted molar refractivity (Wildman–Crippen MR) is 90.5 cm³/mol. The smallest absolute Gasteiger partial charge is 0.213 e. The second-order valence-electron chi connectivity index (χ2n) is 5.56. The van der Waals surface area contributed by atoms with E-state index < -0.39 is 10.0 Å². The highest BCUT2D eigenvalue weighted by Crippen LogP contribution is 2.15. The van der Waals surface area contributed by atoms with E-state index in [-0.39, 0.29) is 5.75 Å². The fourth-order valence-electron chi connectivity index (χ4n) is 2.64. The molecule has 0 unspecified atom stereocenters. The maximum atomic E-state index is 11.9. The second kappa shape index (κ2) is 7.14. The van der Waals surface area contributed by atoms with Crippen molar-refractivity contribution in [2.24, 2.45) is 0 Å². The van der Waals surface area contributed by atoms with E-state index in [1.54, 1.807) is 28.0 Å². The fraction of sp³-hybridized carbons (Fsp3) is 0.500. The summed E-state index contributed by atoms with van der Waals surface area (Å²) < 4.78 is 27.0. The van der Waals surface area contributed by atoms with Crippen LogP contribution in [0, 0.1) is 0 Å². The lowest BCUT2D eigenvalue weighted by Gasteiger charge is -2.33. The van der Waals surface area contributed by atoms with E-state index >= 15 is 0 Å². The summed E-state index contributed by atoms with van der Waals surface area (Å²) in [5.74, 6) is 0.853.